The van der Waals surface area contributed by atoms with E-state index in [1.54, 1.807) is 11.3 Å². The molecular weight excluding hydrogens is 414 g/mol. The Morgan fingerprint density at radius 1 is 1.23 bits per heavy atom. The van der Waals surface area contributed by atoms with Crippen LogP contribution in [0, 0.1) is 13.8 Å². The number of carbonyl (C=O) groups excluding carboxylic acids is 1. The molecule has 0 atom stereocenters. The normalized spacial score (nSPS) is 11.7. The number of nitrogens with one attached hydrogen (secondary N) is 1. The van der Waals surface area contributed by atoms with E-state index >= 15 is 0 Å². The number of thiophene rings is 1. The van der Waals surface area contributed by atoms with Gasteiger partial charge >= 0.3 is 0 Å². The number of benzene rings is 1. The first-order valence-corrected chi connectivity index (χ1v) is 11.9. The van der Waals surface area contributed by atoms with Gasteiger partial charge in [-0.3, -0.25) is 9.20 Å². The van der Waals surface area contributed by atoms with Crippen LogP contribution in [0.25, 0.3) is 15.9 Å². The Kier molecular flexibility index (Phi) is 5.79. The number of aryl methyl sites for hydroxylation is 3. The number of rotatable bonds is 6. The van der Waals surface area contributed by atoms with Gasteiger partial charge in [0.25, 0.3) is 0 Å². The molecule has 0 bridgehead atoms. The molecule has 4 aromatic rings. The number of aromatic nitrogens is 4. The summed E-state index contributed by atoms with van der Waals surface area (Å²) in [6.45, 7) is 10.5. The third kappa shape index (κ3) is 3.70. The van der Waals surface area contributed by atoms with Crippen LogP contribution in [0.1, 0.15) is 48.5 Å². The third-order valence-corrected chi connectivity index (χ3v) is 7.22. The molecule has 8 heteroatoms. The fourth-order valence-electron chi connectivity index (χ4n) is 3.49. The van der Waals surface area contributed by atoms with Gasteiger partial charge in [0.15, 0.2) is 10.8 Å². The summed E-state index contributed by atoms with van der Waals surface area (Å²) >= 11 is 3.09. The molecule has 3 heterocycles. The second-order valence-electron chi connectivity index (χ2n) is 7.58. The van der Waals surface area contributed by atoms with E-state index in [2.05, 4.69) is 50.1 Å². The minimum absolute atomic E-state index is 0.0552. The number of hydrogen-bond acceptors (Lipinski definition) is 6. The zero-order valence-electron chi connectivity index (χ0n) is 17.8. The molecule has 0 aliphatic carbocycles. The fraction of sp³-hybridized carbons (Fsp3) is 0.364. The van der Waals surface area contributed by atoms with Crippen LogP contribution in [-0.2, 0) is 11.2 Å². The molecule has 1 aromatic carbocycles. The van der Waals surface area contributed by atoms with Crippen LogP contribution in [0.5, 0.6) is 0 Å². The molecule has 3 aromatic heterocycles. The lowest BCUT2D eigenvalue weighted by Crippen LogP contribution is -2.15. The lowest BCUT2D eigenvalue weighted by Gasteiger charge is -2.11. The summed E-state index contributed by atoms with van der Waals surface area (Å²) < 4.78 is 2.02. The van der Waals surface area contributed by atoms with E-state index < -0.39 is 0 Å². The van der Waals surface area contributed by atoms with Crippen molar-refractivity contribution in [2.24, 2.45) is 0 Å². The van der Waals surface area contributed by atoms with Crippen molar-refractivity contribution in [3.63, 3.8) is 0 Å². The highest BCUT2D eigenvalue weighted by Gasteiger charge is 2.21. The molecule has 1 N–H and O–H groups in total. The summed E-state index contributed by atoms with van der Waals surface area (Å²) in [6.07, 6.45) is 0.872. The van der Waals surface area contributed by atoms with Crippen LogP contribution in [0.15, 0.2) is 29.4 Å². The Morgan fingerprint density at radius 3 is 2.73 bits per heavy atom. The first-order chi connectivity index (χ1) is 14.4. The first-order valence-electron chi connectivity index (χ1n) is 10.1. The second-order valence-corrected chi connectivity index (χ2v) is 9.72. The van der Waals surface area contributed by atoms with Crippen LogP contribution in [0.2, 0.25) is 0 Å². The van der Waals surface area contributed by atoms with Crippen molar-refractivity contribution >= 4 is 50.6 Å². The number of hydrogen-bond donors (Lipinski definition) is 1. The number of anilines is 1. The summed E-state index contributed by atoms with van der Waals surface area (Å²) in [5.74, 6) is 1.33. The van der Waals surface area contributed by atoms with Gasteiger partial charge in [0.05, 0.1) is 11.1 Å². The van der Waals surface area contributed by atoms with Gasteiger partial charge in [-0.2, -0.15) is 0 Å². The van der Waals surface area contributed by atoms with Gasteiger partial charge in [-0.15, -0.1) is 21.5 Å². The average molecular weight is 440 g/mol. The minimum Gasteiger partial charge on any atom is -0.325 e. The van der Waals surface area contributed by atoms with Crippen LogP contribution in [0.3, 0.4) is 0 Å². The zero-order chi connectivity index (χ0) is 21.4. The van der Waals surface area contributed by atoms with Crippen molar-refractivity contribution < 1.29 is 4.79 Å². The quantitative estimate of drug-likeness (QED) is 0.409. The van der Waals surface area contributed by atoms with Crippen molar-refractivity contribution in [2.45, 2.75) is 52.1 Å². The summed E-state index contributed by atoms with van der Waals surface area (Å²) in [7, 11) is 0. The standard InChI is InChI=1S/C22H25N5OS2/c1-6-15-9-7-8-10-16(15)23-17(28)11-29-22-26-25-20-18-13(4)14(5)30-21(18)24-19(12(2)3)27(20)22/h7-10,12H,6,11H2,1-5H3,(H,23,28). The Morgan fingerprint density at radius 2 is 2.00 bits per heavy atom. The molecule has 0 aliphatic rings. The van der Waals surface area contributed by atoms with Crippen LogP contribution in [-0.4, -0.2) is 31.2 Å². The molecule has 0 radical (unpaired) electrons. The van der Waals surface area contributed by atoms with Gasteiger partial charge in [-0.05, 0) is 37.5 Å². The number of thioether (sulfide) groups is 1. The van der Waals surface area contributed by atoms with E-state index in [1.807, 2.05) is 28.7 Å². The monoisotopic (exact) mass is 439 g/mol. The SMILES string of the molecule is CCc1ccccc1NC(=O)CSc1nnc2c3c(C)c(C)sc3nc(C(C)C)n12. The predicted octanol–water partition coefficient (Wildman–Crippen LogP) is 5.37. The Hall–Kier alpha value is -2.45. The van der Waals surface area contributed by atoms with Crippen molar-refractivity contribution in [1.82, 2.24) is 19.6 Å². The van der Waals surface area contributed by atoms with Crippen LogP contribution < -0.4 is 5.32 Å². The van der Waals surface area contributed by atoms with Crippen molar-refractivity contribution in [3.05, 3.63) is 46.1 Å². The van der Waals surface area contributed by atoms with E-state index in [1.165, 1.54) is 22.2 Å². The fourth-order valence-corrected chi connectivity index (χ4v) is 5.26. The summed E-state index contributed by atoms with van der Waals surface area (Å²) in [5, 5.41) is 13.7. The molecule has 1 amide bonds. The van der Waals surface area contributed by atoms with Gasteiger partial charge in [0.1, 0.15) is 10.7 Å². The number of fused-ring (bicyclic) bond motifs is 3. The molecular formula is C22H25N5OS2. The molecule has 0 fully saturated rings. The number of nitrogens with zero attached hydrogens (tertiary/aromatic N) is 4. The maximum atomic E-state index is 12.6. The predicted molar refractivity (Wildman–Crippen MR) is 125 cm³/mol. The number of carbonyl (C=O) groups is 1. The number of amides is 1. The molecule has 156 valence electrons. The van der Waals surface area contributed by atoms with Crippen LogP contribution in [0.4, 0.5) is 5.69 Å². The van der Waals surface area contributed by atoms with Gasteiger partial charge in [-0.1, -0.05) is 50.7 Å². The van der Waals surface area contributed by atoms with E-state index in [0.717, 1.165) is 39.4 Å². The highest BCUT2D eigenvalue weighted by atomic mass is 32.2. The van der Waals surface area contributed by atoms with Gasteiger partial charge in [0.2, 0.25) is 5.91 Å². The van der Waals surface area contributed by atoms with Gasteiger partial charge in [-0.25, -0.2) is 4.98 Å². The molecule has 0 aliphatic heterocycles. The van der Waals surface area contributed by atoms with Crippen molar-refractivity contribution in [2.75, 3.05) is 11.1 Å². The average Bonchev–Trinajstić information content (AvgIpc) is 3.26. The summed E-state index contributed by atoms with van der Waals surface area (Å²) in [6, 6.07) is 7.89. The maximum absolute atomic E-state index is 12.6. The largest absolute Gasteiger partial charge is 0.325 e. The van der Waals surface area contributed by atoms with Crippen molar-refractivity contribution in [3.8, 4) is 0 Å². The zero-order valence-corrected chi connectivity index (χ0v) is 19.4. The number of para-hydroxylation sites is 1. The van der Waals surface area contributed by atoms with Gasteiger partial charge in [0, 0.05) is 16.5 Å². The topological polar surface area (TPSA) is 72.2 Å². The summed E-state index contributed by atoms with van der Waals surface area (Å²) in [5.41, 5.74) is 4.01. The second kappa shape index (κ2) is 8.35. The third-order valence-electron chi connectivity index (χ3n) is 5.19. The Labute approximate surface area is 184 Å². The van der Waals surface area contributed by atoms with E-state index in [-0.39, 0.29) is 17.6 Å². The molecule has 30 heavy (non-hydrogen) atoms. The lowest BCUT2D eigenvalue weighted by molar-refractivity contribution is -0.113. The van der Waals surface area contributed by atoms with E-state index in [4.69, 9.17) is 4.98 Å². The van der Waals surface area contributed by atoms with Crippen molar-refractivity contribution in [1.29, 1.82) is 0 Å². The molecule has 0 unspecified atom stereocenters. The molecule has 0 spiro atoms. The molecule has 6 nitrogen and oxygen atoms in total. The lowest BCUT2D eigenvalue weighted by atomic mass is 10.1. The molecule has 0 saturated carbocycles. The van der Waals surface area contributed by atoms with Gasteiger partial charge < -0.3 is 5.32 Å². The maximum Gasteiger partial charge on any atom is 0.234 e. The van der Waals surface area contributed by atoms with Crippen LogP contribution >= 0.6 is 23.1 Å². The summed E-state index contributed by atoms with van der Waals surface area (Å²) in [4.78, 5) is 19.8. The smallest absolute Gasteiger partial charge is 0.234 e. The highest BCUT2D eigenvalue weighted by molar-refractivity contribution is 7.99. The molecule has 0 saturated heterocycles. The molecule has 4 rings (SSSR count). The first kappa shape index (κ1) is 20.8. The minimum atomic E-state index is -0.0552. The van der Waals surface area contributed by atoms with E-state index in [9.17, 15) is 4.79 Å². The Balaban J connectivity index is 1.65. The Bertz CT molecular complexity index is 1240. The highest BCUT2D eigenvalue weighted by Crippen LogP contribution is 2.34. The van der Waals surface area contributed by atoms with E-state index in [0.29, 0.717) is 5.16 Å².